The predicted molar refractivity (Wildman–Crippen MR) is 67.4 cm³/mol. The average Bonchev–Trinajstić information content (AvgIpc) is 2.59. The summed E-state index contributed by atoms with van der Waals surface area (Å²) in [5.74, 6) is -1.09. The highest BCUT2D eigenvalue weighted by molar-refractivity contribution is 5.85. The number of ether oxygens (including phenoxy) is 1. The number of rotatable bonds is 2. The summed E-state index contributed by atoms with van der Waals surface area (Å²) in [4.78, 5) is 25.1. The number of nitrogens with zero attached hydrogens (tertiary/aromatic N) is 1. The van der Waals surface area contributed by atoms with Crippen molar-refractivity contribution in [1.29, 1.82) is 0 Å². The largest absolute Gasteiger partial charge is 0.479 e. The molecule has 1 heterocycles. The number of carbonyl (C=O) groups is 2. The fraction of sp³-hybridized carbons (Fsp3) is 0.846. The van der Waals surface area contributed by atoms with Gasteiger partial charge in [0.05, 0.1) is 0 Å². The van der Waals surface area contributed by atoms with Crippen LogP contribution in [0.25, 0.3) is 0 Å². The van der Waals surface area contributed by atoms with Crippen LogP contribution in [0.3, 0.4) is 0 Å². The summed E-state index contributed by atoms with van der Waals surface area (Å²) >= 11 is 0. The van der Waals surface area contributed by atoms with Gasteiger partial charge in [0.2, 0.25) is 0 Å². The van der Waals surface area contributed by atoms with Gasteiger partial charge in [-0.05, 0) is 39.5 Å². The summed E-state index contributed by atoms with van der Waals surface area (Å²) in [5.41, 5.74) is -1.73. The zero-order chi connectivity index (χ0) is 14.1. The molecule has 1 fully saturated rings. The second-order valence-electron chi connectivity index (χ2n) is 6.12. The van der Waals surface area contributed by atoms with Gasteiger partial charge in [-0.25, -0.2) is 9.59 Å². The Morgan fingerprint density at radius 1 is 1.33 bits per heavy atom. The molecule has 1 aliphatic heterocycles. The standard InChI is InChI=1S/C13H23NO4/c1-9(2)13(10(15)16)7-6-8-14(13)11(17)18-12(3,4)5/h9H,6-8H2,1-5H3,(H,15,16). The normalized spacial score (nSPS) is 24.4. The van der Waals surface area contributed by atoms with Crippen molar-refractivity contribution in [2.24, 2.45) is 5.92 Å². The van der Waals surface area contributed by atoms with Crippen molar-refractivity contribution in [1.82, 2.24) is 4.90 Å². The molecule has 104 valence electrons. The maximum Gasteiger partial charge on any atom is 0.411 e. The van der Waals surface area contributed by atoms with Gasteiger partial charge in [0.15, 0.2) is 0 Å². The number of hydrogen-bond donors (Lipinski definition) is 1. The monoisotopic (exact) mass is 257 g/mol. The zero-order valence-corrected chi connectivity index (χ0v) is 11.8. The molecule has 0 spiro atoms. The van der Waals surface area contributed by atoms with Gasteiger partial charge in [-0.3, -0.25) is 4.90 Å². The van der Waals surface area contributed by atoms with E-state index < -0.39 is 23.2 Å². The van der Waals surface area contributed by atoms with Crippen LogP contribution in [0.15, 0.2) is 0 Å². The van der Waals surface area contributed by atoms with Crippen LogP contribution in [0.1, 0.15) is 47.5 Å². The van der Waals surface area contributed by atoms with Crippen LogP contribution in [0.5, 0.6) is 0 Å². The van der Waals surface area contributed by atoms with Crippen molar-refractivity contribution in [2.45, 2.75) is 58.6 Å². The van der Waals surface area contributed by atoms with Crippen molar-refractivity contribution >= 4 is 12.1 Å². The third-order valence-electron chi connectivity index (χ3n) is 3.36. The Labute approximate surface area is 108 Å². The highest BCUT2D eigenvalue weighted by Crippen LogP contribution is 2.37. The van der Waals surface area contributed by atoms with E-state index in [0.29, 0.717) is 19.4 Å². The van der Waals surface area contributed by atoms with E-state index in [1.54, 1.807) is 20.8 Å². The minimum atomic E-state index is -1.12. The highest BCUT2D eigenvalue weighted by atomic mass is 16.6. The number of hydrogen-bond acceptors (Lipinski definition) is 3. The van der Waals surface area contributed by atoms with Crippen LogP contribution in [0.2, 0.25) is 0 Å². The van der Waals surface area contributed by atoms with Gasteiger partial charge < -0.3 is 9.84 Å². The number of carboxylic acids is 1. The predicted octanol–water partition coefficient (Wildman–Crippen LogP) is 2.50. The van der Waals surface area contributed by atoms with Gasteiger partial charge in [-0.1, -0.05) is 13.8 Å². The second kappa shape index (κ2) is 4.78. The maximum absolute atomic E-state index is 12.1. The van der Waals surface area contributed by atoms with Crippen molar-refractivity contribution < 1.29 is 19.4 Å². The average molecular weight is 257 g/mol. The summed E-state index contributed by atoms with van der Waals surface area (Å²) in [6.07, 6.45) is 0.652. The minimum Gasteiger partial charge on any atom is -0.479 e. The molecule has 1 rings (SSSR count). The molecule has 0 aliphatic carbocycles. The topological polar surface area (TPSA) is 66.8 Å². The third-order valence-corrected chi connectivity index (χ3v) is 3.36. The van der Waals surface area contributed by atoms with Crippen molar-refractivity contribution in [3.05, 3.63) is 0 Å². The summed E-state index contributed by atoms with van der Waals surface area (Å²) in [7, 11) is 0. The first-order valence-electron chi connectivity index (χ1n) is 6.35. The Bertz CT molecular complexity index is 345. The first-order valence-corrected chi connectivity index (χ1v) is 6.35. The van der Waals surface area contributed by atoms with Gasteiger partial charge in [0.25, 0.3) is 0 Å². The van der Waals surface area contributed by atoms with Crippen molar-refractivity contribution in [3.8, 4) is 0 Å². The van der Waals surface area contributed by atoms with E-state index >= 15 is 0 Å². The first-order chi connectivity index (χ1) is 8.11. The Kier molecular flexibility index (Phi) is 3.93. The molecule has 0 bridgehead atoms. The summed E-state index contributed by atoms with van der Waals surface area (Å²) in [6.45, 7) is 9.43. The molecular weight excluding hydrogens is 234 g/mol. The van der Waals surface area contributed by atoms with Gasteiger partial charge >= 0.3 is 12.1 Å². The Morgan fingerprint density at radius 3 is 2.28 bits per heavy atom. The first kappa shape index (κ1) is 14.8. The maximum atomic E-state index is 12.1. The fourth-order valence-electron chi connectivity index (χ4n) is 2.48. The molecule has 1 amide bonds. The third kappa shape index (κ3) is 2.60. The molecule has 1 N–H and O–H groups in total. The lowest BCUT2D eigenvalue weighted by atomic mass is 9.84. The molecule has 0 aromatic heterocycles. The Balaban J connectivity index is 3.00. The van der Waals surface area contributed by atoms with E-state index in [0.717, 1.165) is 0 Å². The number of aliphatic carboxylic acids is 1. The Morgan fingerprint density at radius 2 is 1.89 bits per heavy atom. The minimum absolute atomic E-state index is 0.148. The second-order valence-corrected chi connectivity index (χ2v) is 6.12. The fourth-order valence-corrected chi connectivity index (χ4v) is 2.48. The summed E-state index contributed by atoms with van der Waals surface area (Å²) < 4.78 is 5.30. The molecule has 1 atom stereocenters. The molecule has 5 heteroatoms. The van der Waals surface area contributed by atoms with Gasteiger partial charge in [-0.15, -0.1) is 0 Å². The highest BCUT2D eigenvalue weighted by Gasteiger charge is 2.53. The molecule has 5 nitrogen and oxygen atoms in total. The van der Waals surface area contributed by atoms with Crippen molar-refractivity contribution in [2.75, 3.05) is 6.54 Å². The Hall–Kier alpha value is -1.26. The lowest BCUT2D eigenvalue weighted by Gasteiger charge is -2.38. The molecular formula is C13H23NO4. The molecule has 1 aliphatic rings. The van der Waals surface area contributed by atoms with Crippen molar-refractivity contribution in [3.63, 3.8) is 0 Å². The number of amides is 1. The molecule has 18 heavy (non-hydrogen) atoms. The molecule has 0 saturated carbocycles. The van der Waals surface area contributed by atoms with Crippen LogP contribution >= 0.6 is 0 Å². The smallest absolute Gasteiger partial charge is 0.411 e. The summed E-state index contributed by atoms with van der Waals surface area (Å²) in [6, 6.07) is 0. The van der Waals surface area contributed by atoms with Crippen LogP contribution < -0.4 is 0 Å². The van der Waals surface area contributed by atoms with E-state index in [1.807, 2.05) is 13.8 Å². The molecule has 1 unspecified atom stereocenters. The van der Waals surface area contributed by atoms with E-state index in [9.17, 15) is 14.7 Å². The number of carbonyl (C=O) groups excluding carboxylic acids is 1. The quantitative estimate of drug-likeness (QED) is 0.825. The van der Waals surface area contributed by atoms with E-state index in [4.69, 9.17) is 4.74 Å². The van der Waals surface area contributed by atoms with Crippen LogP contribution in [-0.4, -0.2) is 39.8 Å². The molecule has 0 aromatic rings. The van der Waals surface area contributed by atoms with Crippen LogP contribution in [-0.2, 0) is 9.53 Å². The zero-order valence-electron chi connectivity index (χ0n) is 11.8. The van der Waals surface area contributed by atoms with E-state index in [-0.39, 0.29) is 5.92 Å². The van der Waals surface area contributed by atoms with E-state index in [1.165, 1.54) is 4.90 Å². The van der Waals surface area contributed by atoms with E-state index in [2.05, 4.69) is 0 Å². The SMILES string of the molecule is CC(C)C1(C(=O)O)CCCN1C(=O)OC(C)(C)C. The number of carboxylic acid groups (broad SMARTS) is 1. The van der Waals surface area contributed by atoms with Gasteiger partial charge in [0.1, 0.15) is 11.1 Å². The molecule has 0 aromatic carbocycles. The lowest BCUT2D eigenvalue weighted by Crippen LogP contribution is -2.57. The number of likely N-dealkylation sites (tertiary alicyclic amines) is 1. The van der Waals surface area contributed by atoms with Crippen LogP contribution in [0.4, 0.5) is 4.79 Å². The lowest BCUT2D eigenvalue weighted by molar-refractivity contribution is -0.152. The summed E-state index contributed by atoms with van der Waals surface area (Å²) in [5, 5.41) is 9.50. The van der Waals surface area contributed by atoms with Gasteiger partial charge in [-0.2, -0.15) is 0 Å². The molecule has 0 radical (unpaired) electrons. The van der Waals surface area contributed by atoms with Crippen LogP contribution in [0, 0.1) is 5.92 Å². The molecule has 1 saturated heterocycles. The van der Waals surface area contributed by atoms with Gasteiger partial charge in [0, 0.05) is 6.54 Å².